The first-order valence-corrected chi connectivity index (χ1v) is 11.6. The summed E-state index contributed by atoms with van der Waals surface area (Å²) in [5.41, 5.74) is 3.19. The van der Waals surface area contributed by atoms with Crippen molar-refractivity contribution in [3.05, 3.63) is 47.5 Å². The van der Waals surface area contributed by atoms with Crippen LogP contribution in [0.25, 0.3) is 0 Å². The largest absolute Gasteiger partial charge is 0.495 e. The predicted molar refractivity (Wildman–Crippen MR) is 119 cm³/mol. The van der Waals surface area contributed by atoms with Gasteiger partial charge in [-0.3, -0.25) is 9.59 Å². The molecule has 0 saturated carbocycles. The molecule has 2 amide bonds. The molecule has 2 aromatic rings. The van der Waals surface area contributed by atoms with Crippen molar-refractivity contribution in [1.29, 1.82) is 0 Å². The number of sulfonamides is 1. The van der Waals surface area contributed by atoms with Gasteiger partial charge >= 0.3 is 0 Å². The van der Waals surface area contributed by atoms with E-state index >= 15 is 0 Å². The van der Waals surface area contributed by atoms with Gasteiger partial charge in [-0.05, 0) is 67.1 Å². The number of methoxy groups -OCH3 is 1. The molecule has 0 heterocycles. The molecule has 3 N–H and O–H groups in total. The third-order valence-corrected chi connectivity index (χ3v) is 6.53. The van der Waals surface area contributed by atoms with Crippen molar-refractivity contribution in [2.75, 3.05) is 24.3 Å². The Labute approximate surface area is 182 Å². The van der Waals surface area contributed by atoms with E-state index in [2.05, 4.69) is 15.4 Å². The monoisotopic (exact) mass is 445 g/mol. The smallest absolute Gasteiger partial charge is 0.240 e. The molecule has 1 aliphatic carbocycles. The highest BCUT2D eigenvalue weighted by Crippen LogP contribution is 2.28. The molecule has 0 atom stereocenters. The Morgan fingerprint density at radius 2 is 1.74 bits per heavy atom. The lowest BCUT2D eigenvalue weighted by atomic mass is 9.92. The van der Waals surface area contributed by atoms with Crippen molar-refractivity contribution in [3.8, 4) is 5.75 Å². The number of carbonyl (C=O) groups excluding carboxylic acids is 2. The number of aryl methyl sites for hydroxylation is 2. The van der Waals surface area contributed by atoms with Crippen LogP contribution in [0.3, 0.4) is 0 Å². The number of anilines is 2. The van der Waals surface area contributed by atoms with E-state index in [9.17, 15) is 18.0 Å². The fourth-order valence-corrected chi connectivity index (χ4v) is 4.64. The molecule has 31 heavy (non-hydrogen) atoms. The number of hydrogen-bond donors (Lipinski definition) is 3. The molecule has 2 aromatic carbocycles. The number of rotatable bonds is 8. The van der Waals surface area contributed by atoms with Gasteiger partial charge in [-0.2, -0.15) is 0 Å². The van der Waals surface area contributed by atoms with Gasteiger partial charge in [0.2, 0.25) is 21.8 Å². The maximum absolute atomic E-state index is 12.6. The Kier molecular flexibility index (Phi) is 7.29. The average Bonchev–Trinajstić information content (AvgIpc) is 2.73. The topological polar surface area (TPSA) is 114 Å². The maximum Gasteiger partial charge on any atom is 0.240 e. The summed E-state index contributed by atoms with van der Waals surface area (Å²) in [6, 6.07) is 10.1. The minimum atomic E-state index is -3.70. The first-order chi connectivity index (χ1) is 14.8. The molecule has 166 valence electrons. The van der Waals surface area contributed by atoms with E-state index in [0.717, 1.165) is 31.2 Å². The Bertz CT molecular complexity index is 1080. The van der Waals surface area contributed by atoms with Crippen molar-refractivity contribution < 1.29 is 22.7 Å². The Hall–Kier alpha value is -2.91. The molecule has 0 radical (unpaired) electrons. The van der Waals surface area contributed by atoms with Gasteiger partial charge in [0, 0.05) is 25.6 Å². The standard InChI is InChI=1S/C22H27N3O5S/c1-15(26)24-18-8-10-21(30-2)20(14-18)25-22(27)11-12-23-31(28,29)19-9-7-16-5-3-4-6-17(16)13-19/h7-10,13-14,23H,3-6,11-12H2,1-2H3,(H,24,26)(H,25,27). The first-order valence-electron chi connectivity index (χ1n) is 10.2. The molecule has 0 saturated heterocycles. The van der Waals surface area contributed by atoms with Crippen molar-refractivity contribution in [3.63, 3.8) is 0 Å². The minimum absolute atomic E-state index is 0.0427. The zero-order valence-corrected chi connectivity index (χ0v) is 18.5. The summed E-state index contributed by atoms with van der Waals surface area (Å²) in [4.78, 5) is 23.8. The average molecular weight is 446 g/mol. The van der Waals surface area contributed by atoms with E-state index in [-0.39, 0.29) is 29.7 Å². The number of benzene rings is 2. The SMILES string of the molecule is COc1ccc(NC(C)=O)cc1NC(=O)CCNS(=O)(=O)c1ccc2c(c1)CCCC2. The van der Waals surface area contributed by atoms with Crippen molar-refractivity contribution in [2.24, 2.45) is 0 Å². The zero-order chi connectivity index (χ0) is 22.4. The van der Waals surface area contributed by atoms with E-state index < -0.39 is 10.0 Å². The third kappa shape index (κ3) is 6.05. The summed E-state index contributed by atoms with van der Waals surface area (Å²) in [6.07, 6.45) is 4.01. The van der Waals surface area contributed by atoms with Crippen LogP contribution in [-0.4, -0.2) is 33.9 Å². The Morgan fingerprint density at radius 3 is 2.45 bits per heavy atom. The summed E-state index contributed by atoms with van der Waals surface area (Å²) in [7, 11) is -2.23. The summed E-state index contributed by atoms with van der Waals surface area (Å²) in [6.45, 7) is 1.34. The second kappa shape index (κ2) is 9.93. The van der Waals surface area contributed by atoms with E-state index in [1.54, 1.807) is 30.3 Å². The van der Waals surface area contributed by atoms with Gasteiger partial charge in [-0.25, -0.2) is 13.1 Å². The second-order valence-corrected chi connectivity index (χ2v) is 9.20. The molecule has 8 nitrogen and oxygen atoms in total. The van der Waals surface area contributed by atoms with Gasteiger partial charge in [0.05, 0.1) is 17.7 Å². The van der Waals surface area contributed by atoms with Gasteiger partial charge in [0.25, 0.3) is 0 Å². The molecule has 0 aromatic heterocycles. The third-order valence-electron chi connectivity index (χ3n) is 5.07. The molecule has 0 aliphatic heterocycles. The van der Waals surface area contributed by atoms with Crippen molar-refractivity contribution in [1.82, 2.24) is 4.72 Å². The molecule has 1 aliphatic rings. The zero-order valence-electron chi connectivity index (χ0n) is 17.7. The number of amides is 2. The number of carbonyl (C=O) groups is 2. The molecule has 0 bridgehead atoms. The molecule has 9 heteroatoms. The highest BCUT2D eigenvalue weighted by Gasteiger charge is 2.18. The minimum Gasteiger partial charge on any atom is -0.495 e. The van der Waals surface area contributed by atoms with Gasteiger partial charge < -0.3 is 15.4 Å². The van der Waals surface area contributed by atoms with Gasteiger partial charge in [0.1, 0.15) is 5.75 Å². The molecule has 0 spiro atoms. The number of ether oxygens (including phenoxy) is 1. The van der Waals surface area contributed by atoms with Crippen molar-refractivity contribution in [2.45, 2.75) is 43.9 Å². The summed E-state index contributed by atoms with van der Waals surface area (Å²) >= 11 is 0. The van der Waals surface area contributed by atoms with Crippen LogP contribution in [0.15, 0.2) is 41.3 Å². The van der Waals surface area contributed by atoms with Crippen LogP contribution < -0.4 is 20.1 Å². The summed E-state index contributed by atoms with van der Waals surface area (Å²) < 4.78 is 32.9. The van der Waals surface area contributed by atoms with Gasteiger partial charge in [-0.15, -0.1) is 0 Å². The highest BCUT2D eigenvalue weighted by atomic mass is 32.2. The van der Waals surface area contributed by atoms with Gasteiger partial charge in [0.15, 0.2) is 0 Å². The quantitative estimate of drug-likeness (QED) is 0.578. The number of nitrogens with one attached hydrogen (secondary N) is 3. The van der Waals surface area contributed by atoms with Crippen LogP contribution in [0.5, 0.6) is 5.75 Å². The highest BCUT2D eigenvalue weighted by molar-refractivity contribution is 7.89. The number of hydrogen-bond acceptors (Lipinski definition) is 5. The lowest BCUT2D eigenvalue weighted by Crippen LogP contribution is -2.28. The Morgan fingerprint density at radius 1 is 1.00 bits per heavy atom. The molecule has 3 rings (SSSR count). The van der Waals surface area contributed by atoms with Crippen molar-refractivity contribution >= 4 is 33.2 Å². The van der Waals surface area contributed by atoms with Crippen LogP contribution in [-0.2, 0) is 32.5 Å². The molecule has 0 fully saturated rings. The van der Waals surface area contributed by atoms with Crippen LogP contribution in [0.4, 0.5) is 11.4 Å². The lowest BCUT2D eigenvalue weighted by molar-refractivity contribution is -0.116. The van der Waals surface area contributed by atoms with Crippen LogP contribution in [0, 0.1) is 0 Å². The fourth-order valence-electron chi connectivity index (χ4n) is 3.56. The molecular formula is C22H27N3O5S. The van der Waals surface area contributed by atoms with Gasteiger partial charge in [-0.1, -0.05) is 6.07 Å². The Balaban J connectivity index is 1.59. The van der Waals surface area contributed by atoms with Crippen LogP contribution in [0.1, 0.15) is 37.3 Å². The maximum atomic E-state index is 12.6. The molecule has 0 unspecified atom stereocenters. The van der Waals surface area contributed by atoms with Crippen LogP contribution in [0.2, 0.25) is 0 Å². The van der Waals surface area contributed by atoms with E-state index in [1.165, 1.54) is 19.6 Å². The predicted octanol–water partition coefficient (Wildman–Crippen LogP) is 2.84. The second-order valence-electron chi connectivity index (χ2n) is 7.43. The molecular weight excluding hydrogens is 418 g/mol. The normalized spacial score (nSPS) is 13.2. The number of fused-ring (bicyclic) bond motifs is 1. The van der Waals surface area contributed by atoms with E-state index in [4.69, 9.17) is 4.74 Å². The summed E-state index contributed by atoms with van der Waals surface area (Å²) in [5, 5.41) is 5.33. The van der Waals surface area contributed by atoms with E-state index in [0.29, 0.717) is 17.1 Å². The lowest BCUT2D eigenvalue weighted by Gasteiger charge is -2.17. The fraction of sp³-hybridized carbons (Fsp3) is 0.364. The summed E-state index contributed by atoms with van der Waals surface area (Å²) in [5.74, 6) is -0.192. The van der Waals surface area contributed by atoms with Crippen LogP contribution >= 0.6 is 0 Å². The first kappa shape index (κ1) is 22.8. The van der Waals surface area contributed by atoms with E-state index in [1.807, 2.05) is 6.07 Å².